The lowest BCUT2D eigenvalue weighted by molar-refractivity contribution is -0.344. The Balaban J connectivity index is 2.40. The highest BCUT2D eigenvalue weighted by Crippen LogP contribution is 2.48. The summed E-state index contributed by atoms with van der Waals surface area (Å²) < 4.78 is 37.1. The van der Waals surface area contributed by atoms with Crippen molar-refractivity contribution in [1.29, 1.82) is 0 Å². The van der Waals surface area contributed by atoms with Crippen molar-refractivity contribution in [3.05, 3.63) is 72.9 Å². The van der Waals surface area contributed by atoms with Gasteiger partial charge in [-0.25, -0.2) is 4.79 Å². The molecule has 0 bridgehead atoms. The molecule has 320 valence electrons. The van der Waals surface area contributed by atoms with E-state index in [0.29, 0.717) is 37.7 Å². The summed E-state index contributed by atoms with van der Waals surface area (Å²) in [5.74, 6) is -2.43. The van der Waals surface area contributed by atoms with E-state index in [2.05, 4.69) is 66.9 Å². The second-order valence-corrected chi connectivity index (χ2v) is 22.0. The van der Waals surface area contributed by atoms with E-state index < -0.39 is 43.7 Å². The Kier molecular flexibility index (Phi) is 20.3. The minimum absolute atomic E-state index is 0.0141. The molecule has 0 aromatic carbocycles. The zero-order chi connectivity index (χ0) is 42.9. The van der Waals surface area contributed by atoms with E-state index in [-0.39, 0.29) is 55.1 Å². The van der Waals surface area contributed by atoms with E-state index in [1.165, 1.54) is 18.2 Å². The molecule has 2 aliphatic heterocycles. The quantitative estimate of drug-likeness (QED) is 0.0199. The van der Waals surface area contributed by atoms with Crippen molar-refractivity contribution in [3.63, 3.8) is 0 Å². The van der Waals surface area contributed by atoms with Crippen LogP contribution in [0.15, 0.2) is 72.9 Å². The fraction of sp³-hybridized carbons (Fsp3) is 0.652. The molecule has 2 heterocycles. The van der Waals surface area contributed by atoms with Crippen molar-refractivity contribution < 1.29 is 47.3 Å². The Morgan fingerprint density at radius 2 is 1.61 bits per heavy atom. The first-order valence-electron chi connectivity index (χ1n) is 20.7. The lowest BCUT2D eigenvalue weighted by Crippen LogP contribution is -2.59. The lowest BCUT2D eigenvalue weighted by Gasteiger charge is -2.53. The first-order chi connectivity index (χ1) is 26.8. The van der Waals surface area contributed by atoms with Gasteiger partial charge < -0.3 is 32.9 Å². The summed E-state index contributed by atoms with van der Waals surface area (Å²) in [4.78, 5) is 49.7. The third-order valence-electron chi connectivity index (χ3n) is 11.4. The average Bonchev–Trinajstić information content (AvgIpc) is 3.16. The van der Waals surface area contributed by atoms with Gasteiger partial charge >= 0.3 is 17.9 Å². The Labute approximate surface area is 344 Å². The van der Waals surface area contributed by atoms with Crippen LogP contribution < -0.4 is 0 Å². The number of allylic oxidation sites excluding steroid dienone is 4. The fourth-order valence-electron chi connectivity index (χ4n) is 6.59. The number of unbranched alkanes of at least 4 members (excludes halogenated alkanes) is 1. The van der Waals surface area contributed by atoms with Crippen LogP contribution in [0.25, 0.3) is 0 Å². The predicted molar refractivity (Wildman–Crippen MR) is 228 cm³/mol. The van der Waals surface area contributed by atoms with Gasteiger partial charge in [-0.3, -0.25) is 9.59 Å². The summed E-state index contributed by atoms with van der Waals surface area (Å²) in [6.45, 7) is 28.3. The summed E-state index contributed by atoms with van der Waals surface area (Å²) in [5, 5.41) is 0.0141. The molecule has 0 aliphatic carbocycles. The van der Waals surface area contributed by atoms with E-state index in [1.54, 1.807) is 13.0 Å². The Bertz CT molecular complexity index is 1490. The third kappa shape index (κ3) is 16.1. The fourth-order valence-corrected chi connectivity index (χ4v) is 7.92. The van der Waals surface area contributed by atoms with E-state index in [4.69, 9.17) is 28.1 Å². The van der Waals surface area contributed by atoms with Crippen LogP contribution in [0.1, 0.15) is 120 Å². The molecular weight excluding hydrogens is 741 g/mol. The van der Waals surface area contributed by atoms with E-state index in [0.717, 1.165) is 31.1 Å². The molecule has 0 aromatic heterocycles. The molecule has 7 atom stereocenters. The van der Waals surface area contributed by atoms with Gasteiger partial charge in [0.2, 0.25) is 0 Å². The van der Waals surface area contributed by atoms with Gasteiger partial charge in [-0.05, 0) is 75.6 Å². The van der Waals surface area contributed by atoms with Crippen LogP contribution in [0.5, 0.6) is 0 Å². The van der Waals surface area contributed by atoms with Gasteiger partial charge in [-0.15, -0.1) is 0 Å². The molecule has 0 amide bonds. The maximum absolute atomic E-state index is 13.4. The van der Waals surface area contributed by atoms with Gasteiger partial charge in [0.25, 0.3) is 0 Å². The molecule has 0 radical (unpaired) electrons. The van der Waals surface area contributed by atoms with Crippen LogP contribution >= 0.6 is 0 Å². The SMILES string of the molecule is C=CCOC(=O)/C=C(C)/C=C/[C@@H]1O[C@@]2(CC[C@H](C)[C@@H](C/C=C(C)/C=C/[C@H](O[Si](C)(C)C(C)(C)C)[C@@H](C)C=O)O2)CC[C@@]1(CCCC)OC(=O)CCC(=O)OCC=C. The molecule has 0 saturated carbocycles. The number of hydrogen-bond acceptors (Lipinski definition) is 10. The summed E-state index contributed by atoms with van der Waals surface area (Å²) in [7, 11) is -2.11. The van der Waals surface area contributed by atoms with Crippen LogP contribution in [0.3, 0.4) is 0 Å². The van der Waals surface area contributed by atoms with Gasteiger partial charge in [-0.1, -0.05) is 109 Å². The first kappa shape index (κ1) is 49.8. The summed E-state index contributed by atoms with van der Waals surface area (Å²) in [6.07, 6.45) is 19.2. The van der Waals surface area contributed by atoms with Gasteiger partial charge in [0.15, 0.2) is 14.1 Å². The molecule has 0 aromatic rings. The molecule has 0 unspecified atom stereocenters. The number of carbonyl (C=O) groups is 4. The van der Waals surface area contributed by atoms with Crippen molar-refractivity contribution in [2.45, 2.75) is 167 Å². The molecular formula is C46H72O10Si. The topological polar surface area (TPSA) is 124 Å². The van der Waals surface area contributed by atoms with Crippen LogP contribution in [-0.2, 0) is 47.3 Å². The number of ether oxygens (including phenoxy) is 5. The Morgan fingerprint density at radius 3 is 2.25 bits per heavy atom. The zero-order valence-corrected chi connectivity index (χ0v) is 37.6. The minimum Gasteiger partial charge on any atom is -0.461 e. The van der Waals surface area contributed by atoms with Crippen LogP contribution in [0.4, 0.5) is 0 Å². The van der Waals surface area contributed by atoms with Gasteiger partial charge in [-0.2, -0.15) is 0 Å². The van der Waals surface area contributed by atoms with Gasteiger partial charge in [0, 0.05) is 24.8 Å². The van der Waals surface area contributed by atoms with Gasteiger partial charge in [0.05, 0.1) is 25.0 Å². The van der Waals surface area contributed by atoms with Crippen molar-refractivity contribution >= 4 is 32.5 Å². The molecule has 1 spiro atoms. The maximum Gasteiger partial charge on any atom is 0.331 e. The smallest absolute Gasteiger partial charge is 0.331 e. The minimum atomic E-state index is -2.11. The number of esters is 3. The highest BCUT2D eigenvalue weighted by atomic mass is 28.4. The molecule has 2 aliphatic rings. The third-order valence-corrected chi connectivity index (χ3v) is 15.8. The van der Waals surface area contributed by atoms with Crippen molar-refractivity contribution in [1.82, 2.24) is 0 Å². The van der Waals surface area contributed by atoms with Crippen molar-refractivity contribution in [2.75, 3.05) is 13.2 Å². The van der Waals surface area contributed by atoms with E-state index >= 15 is 0 Å². The average molecular weight is 813 g/mol. The summed E-state index contributed by atoms with van der Waals surface area (Å²) in [6, 6.07) is 0. The highest BCUT2D eigenvalue weighted by molar-refractivity contribution is 6.74. The van der Waals surface area contributed by atoms with Crippen LogP contribution in [0, 0.1) is 11.8 Å². The maximum atomic E-state index is 13.4. The van der Waals surface area contributed by atoms with E-state index in [9.17, 15) is 19.2 Å². The monoisotopic (exact) mass is 812 g/mol. The van der Waals surface area contributed by atoms with Crippen LogP contribution in [0.2, 0.25) is 18.1 Å². The number of hydrogen-bond donors (Lipinski definition) is 0. The normalized spacial score (nSPS) is 25.9. The van der Waals surface area contributed by atoms with E-state index in [1.807, 2.05) is 32.1 Å². The summed E-state index contributed by atoms with van der Waals surface area (Å²) >= 11 is 0. The van der Waals surface area contributed by atoms with Crippen LogP contribution in [-0.4, -0.2) is 75.4 Å². The molecule has 11 heteroatoms. The van der Waals surface area contributed by atoms with Crippen molar-refractivity contribution in [3.8, 4) is 0 Å². The number of rotatable bonds is 22. The number of carbonyl (C=O) groups excluding carboxylic acids is 4. The molecule has 2 rings (SSSR count). The Morgan fingerprint density at radius 1 is 0.947 bits per heavy atom. The largest absolute Gasteiger partial charge is 0.461 e. The zero-order valence-electron chi connectivity index (χ0n) is 36.6. The predicted octanol–water partition coefficient (Wildman–Crippen LogP) is 10.0. The molecule has 10 nitrogen and oxygen atoms in total. The van der Waals surface area contributed by atoms with Crippen molar-refractivity contribution in [2.24, 2.45) is 11.8 Å². The second-order valence-electron chi connectivity index (χ2n) is 17.3. The Hall–Kier alpha value is -3.38. The second kappa shape index (κ2) is 23.3. The lowest BCUT2D eigenvalue weighted by atomic mass is 9.78. The first-order valence-corrected chi connectivity index (χ1v) is 23.6. The molecule has 2 fully saturated rings. The highest BCUT2D eigenvalue weighted by Gasteiger charge is 2.54. The molecule has 2 saturated heterocycles. The number of aldehydes is 1. The summed E-state index contributed by atoms with van der Waals surface area (Å²) in [5.41, 5.74) is 0.664. The van der Waals surface area contributed by atoms with Gasteiger partial charge in [0.1, 0.15) is 31.2 Å². The molecule has 57 heavy (non-hydrogen) atoms. The molecule has 0 N–H and O–H groups in total. The standard InChI is InChI=1S/C46H72O10Si/c1-13-16-26-45(55-42(49)24-23-41(48)51-30-14-2)28-29-46(54-40(45)22-19-35(5)32-43(50)52-31-15-3)27-25-36(6)38(53-46)20-17-34(4)18-21-39(37(7)33-47)56-57(11,12)44(8,9)10/h14-15,17-19,21-22,32-33,36-40H,2-3,13,16,20,23-31H2,1,4-12H3/b21-18+,22-19+,34-17+,35-32+/t36-,37-,38+,39-,40-,45+,46-/m0/s1.